The highest BCUT2D eigenvalue weighted by atomic mass is 32.1. The average molecular weight is 517 g/mol. The predicted octanol–water partition coefficient (Wildman–Crippen LogP) is 4.39. The van der Waals surface area contributed by atoms with Gasteiger partial charge in [-0.3, -0.25) is 4.79 Å². The number of aliphatic hydroxyl groups is 1. The Balaban J connectivity index is 1.31. The van der Waals surface area contributed by atoms with Crippen LogP contribution in [0.5, 0.6) is 0 Å². The van der Waals surface area contributed by atoms with E-state index in [1.54, 1.807) is 16.2 Å². The first-order chi connectivity index (χ1) is 17.9. The Morgan fingerprint density at radius 2 is 2.24 bits per heavy atom. The Labute approximate surface area is 221 Å². The van der Waals surface area contributed by atoms with Gasteiger partial charge in [0, 0.05) is 31.2 Å². The van der Waals surface area contributed by atoms with Crippen LogP contribution < -0.4 is 5.32 Å². The van der Waals surface area contributed by atoms with Crippen molar-refractivity contribution in [2.75, 3.05) is 19.6 Å². The number of fused-ring (bicyclic) bond motifs is 1. The third kappa shape index (κ3) is 5.54. The predicted molar refractivity (Wildman–Crippen MR) is 144 cm³/mol. The molecule has 2 aliphatic carbocycles. The van der Waals surface area contributed by atoms with Crippen LogP contribution in [0.3, 0.4) is 0 Å². The van der Waals surface area contributed by atoms with Crippen LogP contribution in [0.1, 0.15) is 54.8 Å². The summed E-state index contributed by atoms with van der Waals surface area (Å²) in [5, 5.41) is 23.8. The minimum absolute atomic E-state index is 0.0101. The zero-order valence-electron chi connectivity index (χ0n) is 21.2. The molecule has 1 aromatic heterocycles. The molecule has 1 aromatic carbocycles. The lowest BCUT2D eigenvalue weighted by Gasteiger charge is -2.19. The van der Waals surface area contributed by atoms with E-state index in [1.807, 2.05) is 44.3 Å². The highest BCUT2D eigenvalue weighted by Gasteiger charge is 2.28. The van der Waals surface area contributed by atoms with Crippen molar-refractivity contribution in [3.8, 4) is 16.5 Å². The van der Waals surface area contributed by atoms with Crippen LogP contribution in [-0.4, -0.2) is 52.7 Å². The number of likely N-dealkylation sites (tertiary alicyclic amines) is 1. The molecule has 1 amide bonds. The second kappa shape index (κ2) is 11.0. The molecule has 0 radical (unpaired) electrons. The number of nitrogens with zero attached hydrogens (tertiary/aromatic N) is 3. The Hall–Kier alpha value is -3.25. The number of carbonyl (C=O) groups excluding carboxylic acids is 1. The van der Waals surface area contributed by atoms with E-state index in [0.717, 1.165) is 22.7 Å². The smallest absolute Gasteiger partial charge is 0.236 e. The first-order valence-corrected chi connectivity index (χ1v) is 13.7. The van der Waals surface area contributed by atoms with Crippen molar-refractivity contribution in [2.45, 2.75) is 57.3 Å². The molecule has 8 heteroatoms. The third-order valence-electron chi connectivity index (χ3n) is 7.02. The van der Waals surface area contributed by atoms with Gasteiger partial charge in [0.1, 0.15) is 16.8 Å². The molecule has 2 aromatic rings. The van der Waals surface area contributed by atoms with E-state index in [2.05, 4.69) is 29.6 Å². The first kappa shape index (κ1) is 25.4. The van der Waals surface area contributed by atoms with Gasteiger partial charge in [-0.2, -0.15) is 5.26 Å². The number of aliphatic hydroxyl groups excluding tert-OH is 1. The van der Waals surface area contributed by atoms with Crippen molar-refractivity contribution in [2.24, 2.45) is 0 Å². The Bertz CT molecular complexity index is 1300. The van der Waals surface area contributed by atoms with Gasteiger partial charge >= 0.3 is 0 Å². The third-order valence-corrected chi connectivity index (χ3v) is 8.15. The lowest BCUT2D eigenvalue weighted by molar-refractivity contribution is -0.129. The molecule has 5 rings (SSSR count). The van der Waals surface area contributed by atoms with Gasteiger partial charge in [0.15, 0.2) is 0 Å². The summed E-state index contributed by atoms with van der Waals surface area (Å²) in [5.41, 5.74) is 4.25. The first-order valence-electron chi connectivity index (χ1n) is 12.9. The van der Waals surface area contributed by atoms with Gasteiger partial charge in [0.25, 0.3) is 0 Å². The lowest BCUT2D eigenvalue weighted by atomic mass is 10.0. The number of β-amino-alcohol motifs (C(OH)–C–C–N with tert-alkyl or cyclic N) is 1. The Kier molecular flexibility index (Phi) is 7.56. The zero-order valence-corrected chi connectivity index (χ0v) is 22.0. The highest BCUT2D eigenvalue weighted by Crippen LogP contribution is 2.41. The molecule has 37 heavy (non-hydrogen) atoms. The van der Waals surface area contributed by atoms with E-state index in [-0.39, 0.29) is 30.5 Å². The summed E-state index contributed by atoms with van der Waals surface area (Å²) in [6.07, 6.45) is 11.8. The number of nitrogens with one attached hydrogen (secondary N) is 1. The van der Waals surface area contributed by atoms with Crippen molar-refractivity contribution in [1.29, 1.82) is 5.26 Å². The SMILES string of the molecule is CC(C)OC1=CC=CC(c2ncc(-c3cccc4c3CCC4NCC(=O)N3CCC(O)C3)s2)C=C1C#N. The van der Waals surface area contributed by atoms with Crippen molar-refractivity contribution >= 4 is 17.2 Å². The number of hydrogen-bond acceptors (Lipinski definition) is 7. The molecular formula is C29H32N4O3S. The van der Waals surface area contributed by atoms with E-state index in [1.165, 1.54) is 16.7 Å². The summed E-state index contributed by atoms with van der Waals surface area (Å²) in [6, 6.07) is 8.77. The van der Waals surface area contributed by atoms with Gasteiger partial charge in [-0.1, -0.05) is 30.4 Å². The molecule has 2 N–H and O–H groups in total. The summed E-state index contributed by atoms with van der Waals surface area (Å²) >= 11 is 1.65. The molecule has 3 unspecified atom stereocenters. The number of allylic oxidation sites excluding steroid dienone is 5. The summed E-state index contributed by atoms with van der Waals surface area (Å²) in [6.45, 7) is 5.24. The minimum atomic E-state index is -0.398. The van der Waals surface area contributed by atoms with Crippen LogP contribution >= 0.6 is 11.3 Å². The molecule has 1 saturated heterocycles. The second-order valence-electron chi connectivity index (χ2n) is 9.99. The number of amides is 1. The van der Waals surface area contributed by atoms with Crippen LogP contribution in [0.2, 0.25) is 0 Å². The summed E-state index contributed by atoms with van der Waals surface area (Å²) < 4.78 is 5.82. The van der Waals surface area contributed by atoms with Crippen molar-refractivity contribution in [1.82, 2.24) is 15.2 Å². The van der Waals surface area contributed by atoms with Crippen LogP contribution in [0.4, 0.5) is 0 Å². The van der Waals surface area contributed by atoms with E-state index in [9.17, 15) is 15.2 Å². The highest BCUT2D eigenvalue weighted by molar-refractivity contribution is 7.15. The fourth-order valence-corrected chi connectivity index (χ4v) is 6.25. The molecule has 7 nitrogen and oxygen atoms in total. The minimum Gasteiger partial charge on any atom is -0.490 e. The number of hydrogen-bond donors (Lipinski definition) is 2. The quantitative estimate of drug-likeness (QED) is 0.566. The molecule has 1 fully saturated rings. The fraction of sp³-hybridized carbons (Fsp3) is 0.414. The summed E-state index contributed by atoms with van der Waals surface area (Å²) in [5.74, 6) is 0.539. The van der Waals surface area contributed by atoms with Gasteiger partial charge in [-0.15, -0.1) is 11.3 Å². The second-order valence-corrected chi connectivity index (χ2v) is 11.1. The van der Waals surface area contributed by atoms with Gasteiger partial charge in [-0.05, 0) is 62.0 Å². The van der Waals surface area contributed by atoms with Crippen molar-refractivity contribution in [3.05, 3.63) is 76.2 Å². The molecule has 0 spiro atoms. The van der Waals surface area contributed by atoms with Crippen molar-refractivity contribution < 1.29 is 14.6 Å². The molecule has 3 atom stereocenters. The maximum atomic E-state index is 12.5. The van der Waals surface area contributed by atoms with Gasteiger partial charge in [0.05, 0.1) is 29.2 Å². The molecular weight excluding hydrogens is 484 g/mol. The number of rotatable bonds is 7. The topological polar surface area (TPSA) is 98.5 Å². The van der Waals surface area contributed by atoms with Crippen molar-refractivity contribution in [3.63, 3.8) is 0 Å². The number of thiazole rings is 1. The lowest BCUT2D eigenvalue weighted by Crippen LogP contribution is -2.38. The number of ether oxygens (including phenoxy) is 1. The fourth-order valence-electron chi connectivity index (χ4n) is 5.23. The van der Waals surface area contributed by atoms with Gasteiger partial charge < -0.3 is 20.1 Å². The molecule has 0 saturated carbocycles. The summed E-state index contributed by atoms with van der Waals surface area (Å²) in [7, 11) is 0. The van der Waals surface area contributed by atoms with Crippen LogP contribution in [0, 0.1) is 11.3 Å². The van der Waals surface area contributed by atoms with E-state index >= 15 is 0 Å². The van der Waals surface area contributed by atoms with Crippen LogP contribution in [0.25, 0.3) is 10.4 Å². The number of benzene rings is 1. The average Bonchev–Trinajstić information content (AvgIpc) is 3.61. The molecule has 1 aliphatic heterocycles. The Morgan fingerprint density at radius 1 is 1.38 bits per heavy atom. The molecule has 3 aliphatic rings. The number of aromatic nitrogens is 1. The number of carbonyl (C=O) groups is 1. The van der Waals surface area contributed by atoms with E-state index in [4.69, 9.17) is 9.72 Å². The van der Waals surface area contributed by atoms with Gasteiger partial charge in [-0.25, -0.2) is 4.98 Å². The largest absolute Gasteiger partial charge is 0.490 e. The monoisotopic (exact) mass is 516 g/mol. The van der Waals surface area contributed by atoms with E-state index < -0.39 is 6.10 Å². The van der Waals surface area contributed by atoms with Gasteiger partial charge in [0.2, 0.25) is 5.91 Å². The van der Waals surface area contributed by atoms with Crippen LogP contribution in [0.15, 0.2) is 60.0 Å². The van der Waals surface area contributed by atoms with E-state index in [0.29, 0.717) is 30.8 Å². The van der Waals surface area contributed by atoms with Crippen LogP contribution in [-0.2, 0) is 16.0 Å². The molecule has 192 valence electrons. The zero-order chi connectivity index (χ0) is 25.9. The Morgan fingerprint density at radius 3 is 3.00 bits per heavy atom. The standard InChI is InChI=1S/C29H32N4O3S/c1-18(2)36-26-8-3-5-19(13-20(26)14-30)29-32-15-27(37-29)24-7-4-6-23-22(24)9-10-25(23)31-16-28(35)33-12-11-21(34)17-33/h3-8,13,15,18-19,21,25,31,34H,9-12,16-17H2,1-2H3. The maximum absolute atomic E-state index is 12.5. The normalized spacial score (nSPS) is 22.9. The summed E-state index contributed by atoms with van der Waals surface area (Å²) in [4.78, 5) is 20.1. The number of nitriles is 1. The maximum Gasteiger partial charge on any atom is 0.236 e. The molecule has 0 bridgehead atoms. The molecule has 2 heterocycles.